The summed E-state index contributed by atoms with van der Waals surface area (Å²) in [4.78, 5) is 6.87. The third-order valence-electron chi connectivity index (χ3n) is 3.18. The number of hydrogen-bond donors (Lipinski definition) is 1. The molecule has 0 saturated carbocycles. The standard InChI is InChI=1S/C15H27N3/c1-11(2)9-16-10-14-7-8-15(17-13(14)5)18(6)12(3)4/h7-8,11-12,16H,9-10H2,1-6H3. The first-order valence-electron chi connectivity index (χ1n) is 6.82. The SMILES string of the molecule is Cc1nc(N(C)C(C)C)ccc1CNCC(C)C. The van der Waals surface area contributed by atoms with Crippen LogP contribution >= 0.6 is 0 Å². The van der Waals surface area contributed by atoms with E-state index in [1.54, 1.807) is 0 Å². The minimum absolute atomic E-state index is 0.474. The summed E-state index contributed by atoms with van der Waals surface area (Å²) in [5.74, 6) is 1.74. The molecule has 0 spiro atoms. The van der Waals surface area contributed by atoms with Gasteiger partial charge in [-0.25, -0.2) is 4.98 Å². The minimum atomic E-state index is 0.474. The van der Waals surface area contributed by atoms with Crippen molar-refractivity contribution < 1.29 is 0 Å². The van der Waals surface area contributed by atoms with E-state index >= 15 is 0 Å². The number of hydrogen-bond acceptors (Lipinski definition) is 3. The molecule has 102 valence electrons. The lowest BCUT2D eigenvalue weighted by atomic mass is 10.1. The Morgan fingerprint density at radius 3 is 2.39 bits per heavy atom. The quantitative estimate of drug-likeness (QED) is 0.840. The largest absolute Gasteiger partial charge is 0.357 e. The molecule has 1 rings (SSSR count). The average molecular weight is 249 g/mol. The van der Waals surface area contributed by atoms with Crippen LogP contribution in [0.15, 0.2) is 12.1 Å². The molecule has 1 heterocycles. The van der Waals surface area contributed by atoms with E-state index < -0.39 is 0 Å². The number of nitrogens with one attached hydrogen (secondary N) is 1. The molecular weight excluding hydrogens is 222 g/mol. The van der Waals surface area contributed by atoms with E-state index in [0.29, 0.717) is 12.0 Å². The van der Waals surface area contributed by atoms with Gasteiger partial charge in [0.1, 0.15) is 5.82 Å². The lowest BCUT2D eigenvalue weighted by Gasteiger charge is -2.23. The van der Waals surface area contributed by atoms with E-state index in [-0.39, 0.29) is 0 Å². The molecule has 0 aliphatic carbocycles. The van der Waals surface area contributed by atoms with Crippen molar-refractivity contribution in [3.05, 3.63) is 23.4 Å². The Labute approximate surface area is 112 Å². The molecule has 0 bridgehead atoms. The summed E-state index contributed by atoms with van der Waals surface area (Å²) in [6.45, 7) is 12.8. The zero-order valence-corrected chi connectivity index (χ0v) is 12.6. The molecule has 3 nitrogen and oxygen atoms in total. The first-order chi connectivity index (χ1) is 8.41. The Morgan fingerprint density at radius 2 is 1.89 bits per heavy atom. The Kier molecular flexibility index (Phi) is 5.60. The molecule has 0 saturated heterocycles. The maximum atomic E-state index is 4.68. The molecule has 0 aliphatic heterocycles. The van der Waals surface area contributed by atoms with Crippen molar-refractivity contribution in [1.82, 2.24) is 10.3 Å². The molecule has 0 fully saturated rings. The van der Waals surface area contributed by atoms with Crippen molar-refractivity contribution in [1.29, 1.82) is 0 Å². The molecule has 0 aliphatic rings. The van der Waals surface area contributed by atoms with Crippen LogP contribution in [0.4, 0.5) is 5.82 Å². The van der Waals surface area contributed by atoms with Crippen molar-refractivity contribution >= 4 is 5.82 Å². The van der Waals surface area contributed by atoms with Crippen LogP contribution in [0.2, 0.25) is 0 Å². The number of rotatable bonds is 6. The first-order valence-corrected chi connectivity index (χ1v) is 6.82. The molecule has 0 atom stereocenters. The first kappa shape index (κ1) is 15.0. The molecule has 1 aromatic rings. The Morgan fingerprint density at radius 1 is 1.22 bits per heavy atom. The van der Waals surface area contributed by atoms with Crippen molar-refractivity contribution in [3.63, 3.8) is 0 Å². The number of anilines is 1. The molecule has 1 N–H and O–H groups in total. The third kappa shape index (κ3) is 4.30. The van der Waals surface area contributed by atoms with Crippen LogP contribution in [0.5, 0.6) is 0 Å². The van der Waals surface area contributed by atoms with E-state index in [1.807, 2.05) is 0 Å². The van der Waals surface area contributed by atoms with Crippen LogP contribution in [0.25, 0.3) is 0 Å². The van der Waals surface area contributed by atoms with Crippen LogP contribution in [0, 0.1) is 12.8 Å². The lowest BCUT2D eigenvalue weighted by molar-refractivity contribution is 0.551. The summed E-state index contributed by atoms with van der Waals surface area (Å²) in [7, 11) is 2.09. The van der Waals surface area contributed by atoms with Gasteiger partial charge in [-0.1, -0.05) is 19.9 Å². The third-order valence-corrected chi connectivity index (χ3v) is 3.18. The summed E-state index contributed by atoms with van der Waals surface area (Å²) in [5, 5.41) is 3.46. The molecule has 0 amide bonds. The topological polar surface area (TPSA) is 28.2 Å². The maximum Gasteiger partial charge on any atom is 0.128 e. The van der Waals surface area contributed by atoms with E-state index in [1.165, 1.54) is 5.56 Å². The zero-order chi connectivity index (χ0) is 13.7. The van der Waals surface area contributed by atoms with Crippen LogP contribution < -0.4 is 10.2 Å². The van der Waals surface area contributed by atoms with Crippen LogP contribution in [-0.2, 0) is 6.54 Å². The molecule has 0 radical (unpaired) electrons. The predicted molar refractivity (Wildman–Crippen MR) is 79.1 cm³/mol. The average Bonchev–Trinajstić information content (AvgIpc) is 2.29. The molecule has 18 heavy (non-hydrogen) atoms. The summed E-state index contributed by atoms with van der Waals surface area (Å²) in [6, 6.07) is 4.77. The van der Waals surface area contributed by atoms with E-state index in [9.17, 15) is 0 Å². The highest BCUT2D eigenvalue weighted by molar-refractivity contribution is 5.41. The number of aryl methyl sites for hydroxylation is 1. The van der Waals surface area contributed by atoms with Crippen LogP contribution in [0.3, 0.4) is 0 Å². The summed E-state index contributed by atoms with van der Waals surface area (Å²) in [5.41, 5.74) is 2.41. The highest BCUT2D eigenvalue weighted by Crippen LogP contribution is 2.15. The summed E-state index contributed by atoms with van der Waals surface area (Å²) in [6.07, 6.45) is 0. The minimum Gasteiger partial charge on any atom is -0.357 e. The maximum absolute atomic E-state index is 4.68. The van der Waals surface area contributed by atoms with Crippen LogP contribution in [0.1, 0.15) is 39.0 Å². The van der Waals surface area contributed by atoms with Crippen molar-refractivity contribution in [2.45, 2.75) is 47.2 Å². The van der Waals surface area contributed by atoms with Gasteiger partial charge in [0.15, 0.2) is 0 Å². The fraction of sp³-hybridized carbons (Fsp3) is 0.667. The van der Waals surface area contributed by atoms with Gasteiger partial charge in [-0.2, -0.15) is 0 Å². The highest BCUT2D eigenvalue weighted by atomic mass is 15.2. The van der Waals surface area contributed by atoms with Gasteiger partial charge in [0.25, 0.3) is 0 Å². The zero-order valence-electron chi connectivity index (χ0n) is 12.6. The second kappa shape index (κ2) is 6.74. The number of aromatic nitrogens is 1. The molecule has 0 aromatic carbocycles. The molecular formula is C15H27N3. The molecule has 3 heteroatoms. The van der Waals surface area contributed by atoms with Crippen LogP contribution in [-0.4, -0.2) is 24.6 Å². The normalized spacial score (nSPS) is 11.3. The van der Waals surface area contributed by atoms with E-state index in [4.69, 9.17) is 0 Å². The Hall–Kier alpha value is -1.09. The molecule has 1 aromatic heterocycles. The van der Waals surface area contributed by atoms with Crippen molar-refractivity contribution in [2.75, 3.05) is 18.5 Å². The number of pyridine rings is 1. The fourth-order valence-corrected chi connectivity index (χ4v) is 1.72. The smallest absolute Gasteiger partial charge is 0.128 e. The monoisotopic (exact) mass is 249 g/mol. The second-order valence-electron chi connectivity index (χ2n) is 5.64. The van der Waals surface area contributed by atoms with Gasteiger partial charge < -0.3 is 10.2 Å². The second-order valence-corrected chi connectivity index (χ2v) is 5.64. The molecule has 0 unspecified atom stereocenters. The fourth-order valence-electron chi connectivity index (χ4n) is 1.72. The predicted octanol–water partition coefficient (Wildman–Crippen LogP) is 2.98. The summed E-state index contributed by atoms with van der Waals surface area (Å²) < 4.78 is 0. The highest BCUT2D eigenvalue weighted by Gasteiger charge is 2.08. The van der Waals surface area contributed by atoms with Gasteiger partial charge >= 0.3 is 0 Å². The van der Waals surface area contributed by atoms with Gasteiger partial charge in [-0.3, -0.25) is 0 Å². The van der Waals surface area contributed by atoms with Crippen molar-refractivity contribution in [3.8, 4) is 0 Å². The Bertz CT molecular complexity index is 372. The van der Waals surface area contributed by atoms with Gasteiger partial charge in [0.2, 0.25) is 0 Å². The van der Waals surface area contributed by atoms with E-state index in [0.717, 1.165) is 24.6 Å². The van der Waals surface area contributed by atoms with Gasteiger partial charge in [0.05, 0.1) is 0 Å². The van der Waals surface area contributed by atoms with Gasteiger partial charge in [-0.15, -0.1) is 0 Å². The lowest BCUT2D eigenvalue weighted by Crippen LogP contribution is -2.27. The van der Waals surface area contributed by atoms with Gasteiger partial charge in [-0.05, 0) is 44.9 Å². The Balaban J connectivity index is 2.68. The number of nitrogens with zero attached hydrogens (tertiary/aromatic N) is 2. The van der Waals surface area contributed by atoms with E-state index in [2.05, 4.69) is 69.0 Å². The van der Waals surface area contributed by atoms with Crippen molar-refractivity contribution in [2.24, 2.45) is 5.92 Å². The van der Waals surface area contributed by atoms with Gasteiger partial charge in [0, 0.05) is 25.3 Å². The summed E-state index contributed by atoms with van der Waals surface area (Å²) >= 11 is 0.